The minimum Gasteiger partial charge on any atom is -0.494 e. The first-order valence-corrected chi connectivity index (χ1v) is 9.31. The molecule has 7 nitrogen and oxygen atoms in total. The van der Waals surface area contributed by atoms with Crippen LogP contribution in [0.15, 0.2) is 36.4 Å². The molecule has 2 heterocycles. The Labute approximate surface area is 166 Å². The zero-order valence-corrected chi connectivity index (χ0v) is 15.8. The number of imide groups is 1. The van der Waals surface area contributed by atoms with Crippen LogP contribution in [0.3, 0.4) is 0 Å². The summed E-state index contributed by atoms with van der Waals surface area (Å²) in [5.41, 5.74) is 2.40. The number of hydrogen-bond donors (Lipinski definition) is 2. The van der Waals surface area contributed by atoms with E-state index >= 15 is 0 Å². The molecule has 0 spiro atoms. The van der Waals surface area contributed by atoms with E-state index in [1.807, 2.05) is 6.07 Å². The largest absolute Gasteiger partial charge is 0.494 e. The van der Waals surface area contributed by atoms with Gasteiger partial charge in [0, 0.05) is 41.9 Å². The van der Waals surface area contributed by atoms with Crippen LogP contribution < -0.4 is 15.4 Å². The molecule has 150 valence electrons. The standard InChI is InChI=1S/C21H20FN3O4/c1-29-17-7-2-4-12(19(17)22)10-23-15-6-3-5-13-14(15)11-25(21(13)28)16-8-9-18(26)24-20(16)27/h2-7,16,23H,8-11H2,1H3,(H,24,26,27). The Kier molecular flexibility index (Phi) is 4.92. The number of piperidine rings is 1. The molecule has 0 saturated carbocycles. The summed E-state index contributed by atoms with van der Waals surface area (Å²) in [6.45, 7) is 0.469. The lowest BCUT2D eigenvalue weighted by molar-refractivity contribution is -0.136. The highest BCUT2D eigenvalue weighted by Crippen LogP contribution is 2.32. The van der Waals surface area contributed by atoms with Crippen LogP contribution in [-0.2, 0) is 22.7 Å². The Bertz CT molecular complexity index is 1010. The van der Waals surface area contributed by atoms with E-state index in [1.165, 1.54) is 12.0 Å². The molecule has 1 fully saturated rings. The van der Waals surface area contributed by atoms with Crippen molar-refractivity contribution in [2.75, 3.05) is 12.4 Å². The molecule has 2 aliphatic rings. The van der Waals surface area contributed by atoms with Crippen molar-refractivity contribution in [1.82, 2.24) is 10.2 Å². The summed E-state index contributed by atoms with van der Waals surface area (Å²) in [6, 6.07) is 9.53. The fourth-order valence-electron chi connectivity index (χ4n) is 3.79. The first-order valence-electron chi connectivity index (χ1n) is 9.31. The van der Waals surface area contributed by atoms with Crippen molar-refractivity contribution in [3.05, 3.63) is 58.9 Å². The molecule has 2 aromatic rings. The van der Waals surface area contributed by atoms with Crippen molar-refractivity contribution in [2.45, 2.75) is 32.0 Å². The minimum absolute atomic E-state index is 0.168. The molecular formula is C21H20FN3O4. The molecule has 4 rings (SSSR count). The van der Waals surface area contributed by atoms with Gasteiger partial charge in [0.25, 0.3) is 5.91 Å². The van der Waals surface area contributed by atoms with Gasteiger partial charge >= 0.3 is 0 Å². The van der Waals surface area contributed by atoms with Crippen molar-refractivity contribution < 1.29 is 23.5 Å². The molecule has 8 heteroatoms. The van der Waals surface area contributed by atoms with Crippen LogP contribution >= 0.6 is 0 Å². The number of nitrogens with zero attached hydrogens (tertiary/aromatic N) is 1. The Balaban J connectivity index is 1.54. The van der Waals surface area contributed by atoms with Crippen molar-refractivity contribution in [3.63, 3.8) is 0 Å². The molecule has 0 radical (unpaired) electrons. The number of rotatable bonds is 5. The molecule has 0 aliphatic carbocycles. The molecule has 0 aromatic heterocycles. The van der Waals surface area contributed by atoms with Crippen LogP contribution in [-0.4, -0.2) is 35.8 Å². The number of nitrogens with one attached hydrogen (secondary N) is 2. The van der Waals surface area contributed by atoms with Crippen LogP contribution in [0.1, 0.15) is 34.3 Å². The molecule has 2 N–H and O–H groups in total. The van der Waals surface area contributed by atoms with Gasteiger partial charge in [-0.1, -0.05) is 18.2 Å². The van der Waals surface area contributed by atoms with Gasteiger partial charge in [0.1, 0.15) is 6.04 Å². The third kappa shape index (κ3) is 3.41. The smallest absolute Gasteiger partial charge is 0.255 e. The summed E-state index contributed by atoms with van der Waals surface area (Å²) in [6.07, 6.45) is 0.513. The number of methoxy groups -OCH3 is 1. The fourth-order valence-corrected chi connectivity index (χ4v) is 3.79. The van der Waals surface area contributed by atoms with Crippen LogP contribution in [0, 0.1) is 5.82 Å². The highest BCUT2D eigenvalue weighted by molar-refractivity contribution is 6.06. The van der Waals surface area contributed by atoms with Gasteiger partial charge < -0.3 is 15.0 Å². The molecule has 1 atom stereocenters. The average Bonchev–Trinajstić information content (AvgIpc) is 3.04. The van der Waals surface area contributed by atoms with Gasteiger partial charge in [-0.25, -0.2) is 4.39 Å². The molecule has 2 aromatic carbocycles. The average molecular weight is 397 g/mol. The molecule has 1 saturated heterocycles. The Morgan fingerprint density at radius 3 is 2.76 bits per heavy atom. The second-order valence-corrected chi connectivity index (χ2v) is 7.02. The number of carbonyl (C=O) groups excluding carboxylic acids is 3. The quantitative estimate of drug-likeness (QED) is 0.756. The maximum Gasteiger partial charge on any atom is 0.255 e. The second kappa shape index (κ2) is 7.54. The molecular weight excluding hydrogens is 377 g/mol. The number of hydrogen-bond acceptors (Lipinski definition) is 5. The van der Waals surface area contributed by atoms with Gasteiger partial charge in [0.15, 0.2) is 11.6 Å². The zero-order chi connectivity index (χ0) is 20.5. The Morgan fingerprint density at radius 2 is 2.00 bits per heavy atom. The summed E-state index contributed by atoms with van der Waals surface area (Å²) >= 11 is 0. The first kappa shape index (κ1) is 18.9. The van der Waals surface area contributed by atoms with Gasteiger partial charge in [0.2, 0.25) is 11.8 Å². The van der Waals surface area contributed by atoms with Crippen molar-refractivity contribution in [2.24, 2.45) is 0 Å². The van der Waals surface area contributed by atoms with Crippen molar-refractivity contribution in [1.29, 1.82) is 0 Å². The van der Waals surface area contributed by atoms with Crippen LogP contribution in [0.4, 0.5) is 10.1 Å². The van der Waals surface area contributed by atoms with E-state index in [9.17, 15) is 18.8 Å². The predicted molar refractivity (Wildman–Crippen MR) is 103 cm³/mol. The first-order chi connectivity index (χ1) is 14.0. The van der Waals surface area contributed by atoms with Gasteiger partial charge in [-0.15, -0.1) is 0 Å². The van der Waals surface area contributed by atoms with Gasteiger partial charge in [-0.2, -0.15) is 0 Å². The summed E-state index contributed by atoms with van der Waals surface area (Å²) in [7, 11) is 1.41. The number of halogens is 1. The third-order valence-corrected chi connectivity index (χ3v) is 5.31. The zero-order valence-electron chi connectivity index (χ0n) is 15.8. The summed E-state index contributed by atoms with van der Waals surface area (Å²) in [5, 5.41) is 5.48. The van der Waals surface area contributed by atoms with Gasteiger partial charge in [-0.3, -0.25) is 19.7 Å². The number of carbonyl (C=O) groups is 3. The fraction of sp³-hybridized carbons (Fsp3) is 0.286. The number of amides is 3. The molecule has 0 bridgehead atoms. The van der Waals surface area contributed by atoms with E-state index in [0.717, 1.165) is 5.56 Å². The number of anilines is 1. The van der Waals surface area contributed by atoms with Crippen molar-refractivity contribution >= 4 is 23.4 Å². The van der Waals surface area contributed by atoms with E-state index in [0.29, 0.717) is 23.2 Å². The van der Waals surface area contributed by atoms with E-state index in [-0.39, 0.29) is 37.1 Å². The third-order valence-electron chi connectivity index (χ3n) is 5.31. The van der Waals surface area contributed by atoms with Crippen LogP contribution in [0.2, 0.25) is 0 Å². The van der Waals surface area contributed by atoms with Gasteiger partial charge in [-0.05, 0) is 24.6 Å². The maximum absolute atomic E-state index is 14.4. The number of ether oxygens (including phenoxy) is 1. The molecule has 3 amide bonds. The second-order valence-electron chi connectivity index (χ2n) is 7.02. The normalized spacial score (nSPS) is 18.5. The summed E-state index contributed by atoms with van der Waals surface area (Å²) in [4.78, 5) is 37.9. The minimum atomic E-state index is -0.670. The SMILES string of the molecule is COc1cccc(CNc2cccc3c2CN(C2CCC(=O)NC2=O)C3=O)c1F. The van der Waals surface area contributed by atoms with E-state index in [1.54, 1.807) is 30.3 Å². The summed E-state index contributed by atoms with van der Waals surface area (Å²) in [5.74, 6) is -1.28. The number of fused-ring (bicyclic) bond motifs is 1. The Morgan fingerprint density at radius 1 is 1.21 bits per heavy atom. The molecule has 1 unspecified atom stereocenters. The molecule has 2 aliphatic heterocycles. The highest BCUT2D eigenvalue weighted by Gasteiger charge is 2.39. The van der Waals surface area contributed by atoms with Crippen molar-refractivity contribution in [3.8, 4) is 5.75 Å². The van der Waals surface area contributed by atoms with Crippen LogP contribution in [0.5, 0.6) is 5.75 Å². The van der Waals surface area contributed by atoms with E-state index in [2.05, 4.69) is 10.6 Å². The summed E-state index contributed by atoms with van der Waals surface area (Å²) < 4.78 is 19.4. The van der Waals surface area contributed by atoms with Gasteiger partial charge in [0.05, 0.1) is 7.11 Å². The van der Waals surface area contributed by atoms with Crippen LogP contribution in [0.25, 0.3) is 0 Å². The maximum atomic E-state index is 14.4. The lowest BCUT2D eigenvalue weighted by atomic mass is 10.0. The lowest BCUT2D eigenvalue weighted by Crippen LogP contribution is -2.52. The highest BCUT2D eigenvalue weighted by atomic mass is 19.1. The monoisotopic (exact) mass is 397 g/mol. The number of benzene rings is 2. The Hall–Kier alpha value is -3.42. The molecule has 29 heavy (non-hydrogen) atoms. The van der Waals surface area contributed by atoms with E-state index < -0.39 is 17.8 Å². The predicted octanol–water partition coefficient (Wildman–Crippen LogP) is 2.21. The topological polar surface area (TPSA) is 87.7 Å². The van der Waals surface area contributed by atoms with E-state index in [4.69, 9.17) is 4.74 Å². The lowest BCUT2D eigenvalue weighted by Gasteiger charge is -2.29.